The molecule has 2 rings (SSSR count). The van der Waals surface area contributed by atoms with Gasteiger partial charge >= 0.3 is 0 Å². The van der Waals surface area contributed by atoms with Gasteiger partial charge in [-0.3, -0.25) is 9.78 Å². The number of aromatic nitrogens is 1. The zero-order chi connectivity index (χ0) is 11.2. The Hall–Kier alpha value is -1.94. The third kappa shape index (κ3) is 2.77. The van der Waals surface area contributed by atoms with Gasteiger partial charge in [0.25, 0.3) is 0 Å². The molecule has 0 aliphatic carbocycles. The molecule has 0 saturated heterocycles. The van der Waals surface area contributed by atoms with Crippen LogP contribution in [0.2, 0.25) is 0 Å². The maximum atomic E-state index is 11.6. The Kier molecular flexibility index (Phi) is 3.46. The van der Waals surface area contributed by atoms with E-state index in [0.717, 1.165) is 10.6 Å². The lowest BCUT2D eigenvalue weighted by Crippen LogP contribution is -1.93. The van der Waals surface area contributed by atoms with Crippen LogP contribution in [-0.4, -0.2) is 10.8 Å². The van der Waals surface area contributed by atoms with Crippen LogP contribution in [0.4, 0.5) is 5.69 Å². The highest BCUT2D eigenvalue weighted by molar-refractivity contribution is 7.12. The average molecular weight is 230 g/mol. The van der Waals surface area contributed by atoms with Crippen LogP contribution >= 0.6 is 11.3 Å². The van der Waals surface area contributed by atoms with Gasteiger partial charge in [0.1, 0.15) is 0 Å². The Bertz CT molecular complexity index is 477. The first-order valence-electron chi connectivity index (χ1n) is 4.77. The molecular formula is C12H10N2OS. The minimum Gasteiger partial charge on any atom is -0.361 e. The maximum absolute atomic E-state index is 11.6. The molecule has 2 heterocycles. The molecule has 0 aliphatic rings. The second-order valence-electron chi connectivity index (χ2n) is 3.06. The number of hydrogen-bond donors (Lipinski definition) is 1. The summed E-state index contributed by atoms with van der Waals surface area (Å²) < 4.78 is 0. The number of nitrogens with zero attached hydrogens (tertiary/aromatic N) is 1. The molecule has 4 heteroatoms. The van der Waals surface area contributed by atoms with Crippen molar-refractivity contribution in [3.8, 4) is 0 Å². The first kappa shape index (κ1) is 10.6. The highest BCUT2D eigenvalue weighted by Gasteiger charge is 2.00. The van der Waals surface area contributed by atoms with Crippen molar-refractivity contribution in [2.24, 2.45) is 0 Å². The average Bonchev–Trinajstić information content (AvgIpc) is 2.84. The summed E-state index contributed by atoms with van der Waals surface area (Å²) in [5, 5.41) is 4.89. The van der Waals surface area contributed by atoms with Gasteiger partial charge in [-0.2, -0.15) is 0 Å². The first-order valence-corrected chi connectivity index (χ1v) is 5.65. The molecule has 0 spiro atoms. The number of rotatable bonds is 4. The lowest BCUT2D eigenvalue weighted by atomic mass is 10.3. The molecule has 0 fully saturated rings. The summed E-state index contributed by atoms with van der Waals surface area (Å²) in [5.74, 6) is 0.0107. The molecule has 2 aromatic rings. The molecule has 1 N–H and O–H groups in total. The molecular weight excluding hydrogens is 220 g/mol. The molecule has 0 amide bonds. The van der Waals surface area contributed by atoms with Crippen molar-refractivity contribution in [3.63, 3.8) is 0 Å². The smallest absolute Gasteiger partial charge is 0.197 e. The molecule has 0 bridgehead atoms. The van der Waals surface area contributed by atoms with Gasteiger partial charge in [-0.25, -0.2) is 0 Å². The zero-order valence-electron chi connectivity index (χ0n) is 8.46. The van der Waals surface area contributed by atoms with Crippen LogP contribution in [0.1, 0.15) is 9.67 Å². The highest BCUT2D eigenvalue weighted by Crippen LogP contribution is 2.10. The maximum Gasteiger partial charge on any atom is 0.197 e. The van der Waals surface area contributed by atoms with Gasteiger partial charge in [-0.15, -0.1) is 11.3 Å². The number of nitrogens with one attached hydrogen (secondary N) is 1. The third-order valence-corrected chi connectivity index (χ3v) is 2.81. The van der Waals surface area contributed by atoms with Crippen molar-refractivity contribution >= 4 is 22.8 Å². The number of anilines is 1. The van der Waals surface area contributed by atoms with Crippen LogP contribution in [0.15, 0.2) is 54.3 Å². The number of carbonyl (C=O) groups excluding carboxylic acids is 1. The summed E-state index contributed by atoms with van der Waals surface area (Å²) in [7, 11) is 0. The Labute approximate surface area is 97.5 Å². The van der Waals surface area contributed by atoms with Crippen molar-refractivity contribution in [2.45, 2.75) is 0 Å². The molecule has 0 unspecified atom stereocenters. The Morgan fingerprint density at radius 3 is 2.81 bits per heavy atom. The molecule has 3 nitrogen and oxygen atoms in total. The largest absolute Gasteiger partial charge is 0.361 e. The van der Waals surface area contributed by atoms with Crippen molar-refractivity contribution in [1.29, 1.82) is 0 Å². The van der Waals surface area contributed by atoms with E-state index in [1.54, 1.807) is 18.6 Å². The van der Waals surface area contributed by atoms with Crippen molar-refractivity contribution in [2.75, 3.05) is 5.32 Å². The standard InChI is InChI=1S/C12H10N2OS/c15-11(12-2-1-9-16-12)5-8-14-10-3-6-13-7-4-10/h1-9H,(H,13,14)/b8-5+. The Balaban J connectivity index is 1.93. The van der Waals surface area contributed by atoms with Crippen molar-refractivity contribution in [3.05, 3.63) is 59.2 Å². The number of hydrogen-bond acceptors (Lipinski definition) is 4. The Morgan fingerprint density at radius 2 is 2.12 bits per heavy atom. The number of pyridine rings is 1. The zero-order valence-corrected chi connectivity index (χ0v) is 9.28. The first-order chi connectivity index (χ1) is 7.86. The molecule has 2 aromatic heterocycles. The second kappa shape index (κ2) is 5.23. The van der Waals surface area contributed by atoms with Gasteiger partial charge in [0.15, 0.2) is 5.78 Å². The van der Waals surface area contributed by atoms with Crippen LogP contribution in [-0.2, 0) is 0 Å². The summed E-state index contributed by atoms with van der Waals surface area (Å²) in [6.45, 7) is 0. The van der Waals surface area contributed by atoms with Gasteiger partial charge in [-0.1, -0.05) is 6.07 Å². The van der Waals surface area contributed by atoms with E-state index in [4.69, 9.17) is 0 Å². The van der Waals surface area contributed by atoms with Gasteiger partial charge in [0.05, 0.1) is 4.88 Å². The van der Waals surface area contributed by atoms with E-state index in [-0.39, 0.29) is 5.78 Å². The van der Waals surface area contributed by atoms with E-state index in [9.17, 15) is 4.79 Å². The van der Waals surface area contributed by atoms with Crippen LogP contribution < -0.4 is 5.32 Å². The van der Waals surface area contributed by atoms with Gasteiger partial charge in [0, 0.05) is 30.4 Å². The quantitative estimate of drug-likeness (QED) is 0.648. The predicted molar refractivity (Wildman–Crippen MR) is 65.6 cm³/mol. The van der Waals surface area contributed by atoms with Crippen LogP contribution in [0, 0.1) is 0 Å². The van der Waals surface area contributed by atoms with E-state index >= 15 is 0 Å². The minimum atomic E-state index is 0.0107. The van der Waals surface area contributed by atoms with Crippen molar-refractivity contribution in [1.82, 2.24) is 4.98 Å². The molecule has 0 radical (unpaired) electrons. The summed E-state index contributed by atoms with van der Waals surface area (Å²) in [6.07, 6.45) is 6.54. The highest BCUT2D eigenvalue weighted by atomic mass is 32.1. The van der Waals surface area contributed by atoms with E-state index < -0.39 is 0 Å². The van der Waals surface area contributed by atoms with Crippen LogP contribution in [0.3, 0.4) is 0 Å². The topological polar surface area (TPSA) is 42.0 Å². The van der Waals surface area contributed by atoms with E-state index in [0.29, 0.717) is 0 Å². The van der Waals surface area contributed by atoms with Crippen LogP contribution in [0.25, 0.3) is 0 Å². The van der Waals surface area contributed by atoms with Crippen molar-refractivity contribution < 1.29 is 4.79 Å². The fraction of sp³-hybridized carbons (Fsp3) is 0. The van der Waals surface area contributed by atoms with Crippen LogP contribution in [0.5, 0.6) is 0 Å². The van der Waals surface area contributed by atoms with E-state index in [2.05, 4.69) is 10.3 Å². The monoisotopic (exact) mass is 230 g/mol. The number of allylic oxidation sites excluding steroid dienone is 1. The minimum absolute atomic E-state index is 0.0107. The SMILES string of the molecule is O=C(/C=C/Nc1ccncc1)c1cccs1. The molecule has 0 saturated carbocycles. The summed E-state index contributed by atoms with van der Waals surface area (Å²) in [4.78, 5) is 16.2. The van der Waals surface area contributed by atoms with Gasteiger partial charge < -0.3 is 5.32 Å². The fourth-order valence-electron chi connectivity index (χ4n) is 1.16. The summed E-state index contributed by atoms with van der Waals surface area (Å²) in [6, 6.07) is 7.34. The molecule has 80 valence electrons. The Morgan fingerprint density at radius 1 is 1.31 bits per heavy atom. The summed E-state index contributed by atoms with van der Waals surface area (Å²) >= 11 is 1.44. The normalized spacial score (nSPS) is 10.5. The predicted octanol–water partition coefficient (Wildman–Crippen LogP) is 2.95. The molecule has 0 aromatic carbocycles. The lowest BCUT2D eigenvalue weighted by molar-refractivity contribution is 0.105. The lowest BCUT2D eigenvalue weighted by Gasteiger charge is -1.97. The van der Waals surface area contributed by atoms with Gasteiger partial charge in [-0.05, 0) is 23.6 Å². The second-order valence-corrected chi connectivity index (χ2v) is 4.00. The molecule has 0 atom stereocenters. The summed E-state index contributed by atoms with van der Waals surface area (Å²) in [5.41, 5.74) is 0.908. The van der Waals surface area contributed by atoms with E-state index in [1.807, 2.05) is 29.6 Å². The van der Waals surface area contributed by atoms with E-state index in [1.165, 1.54) is 17.4 Å². The molecule has 0 aliphatic heterocycles. The fourth-order valence-corrected chi connectivity index (χ4v) is 1.81. The number of ketones is 1. The number of thiophene rings is 1. The molecule has 16 heavy (non-hydrogen) atoms. The number of carbonyl (C=O) groups is 1. The van der Waals surface area contributed by atoms with Gasteiger partial charge in [0.2, 0.25) is 0 Å². The third-order valence-electron chi connectivity index (χ3n) is 1.93.